The number of hydrogen-bond donors (Lipinski definition) is 2. The largest absolute Gasteiger partial charge is 0.496 e. The lowest BCUT2D eigenvalue weighted by Crippen LogP contribution is -2.36. The Morgan fingerprint density at radius 1 is 1.00 bits per heavy atom. The van der Waals surface area contributed by atoms with Gasteiger partial charge in [-0.05, 0) is 24.6 Å². The molecule has 0 aliphatic rings. The lowest BCUT2D eigenvalue weighted by molar-refractivity contribution is 0.410. The van der Waals surface area contributed by atoms with Gasteiger partial charge in [-0.25, -0.2) is 4.99 Å². The molecule has 0 saturated heterocycles. The quantitative estimate of drug-likeness (QED) is 0.529. The molecule has 0 aliphatic carbocycles. The van der Waals surface area contributed by atoms with E-state index < -0.39 is 0 Å². The normalized spacial score (nSPS) is 11.4. The summed E-state index contributed by atoms with van der Waals surface area (Å²) >= 11 is 0. The Bertz CT molecular complexity index is 887. The van der Waals surface area contributed by atoms with Crippen molar-refractivity contribution in [3.8, 4) is 5.75 Å². The Labute approximate surface area is 154 Å². The van der Waals surface area contributed by atoms with Gasteiger partial charge in [0, 0.05) is 30.2 Å². The third-order valence-electron chi connectivity index (χ3n) is 4.11. The Morgan fingerprint density at radius 2 is 1.81 bits per heavy atom. The summed E-state index contributed by atoms with van der Waals surface area (Å²) in [5, 5.41) is 7.82. The molecule has 5 nitrogen and oxygen atoms in total. The van der Waals surface area contributed by atoms with Crippen LogP contribution in [0.25, 0.3) is 10.9 Å². The Balaban J connectivity index is 1.74. The molecular weight excluding hydrogens is 324 g/mol. The predicted molar refractivity (Wildman–Crippen MR) is 106 cm³/mol. The maximum atomic E-state index is 5.40. The van der Waals surface area contributed by atoms with Crippen LogP contribution in [-0.2, 0) is 13.1 Å². The molecule has 26 heavy (non-hydrogen) atoms. The lowest BCUT2D eigenvalue weighted by atomic mass is 10.1. The van der Waals surface area contributed by atoms with Crippen LogP contribution < -0.4 is 15.4 Å². The Morgan fingerprint density at radius 3 is 2.65 bits per heavy atom. The fraction of sp³-hybridized carbons (Fsp3) is 0.238. The average Bonchev–Trinajstić information content (AvgIpc) is 2.70. The molecule has 3 rings (SSSR count). The smallest absolute Gasteiger partial charge is 0.191 e. The maximum absolute atomic E-state index is 5.40. The molecule has 0 spiro atoms. The Hall–Kier alpha value is -3.08. The summed E-state index contributed by atoms with van der Waals surface area (Å²) < 4.78 is 5.40. The number of fused-ring (bicyclic) bond motifs is 1. The van der Waals surface area contributed by atoms with E-state index in [1.165, 1.54) is 0 Å². The van der Waals surface area contributed by atoms with E-state index in [4.69, 9.17) is 4.74 Å². The third kappa shape index (κ3) is 4.30. The first-order valence-electron chi connectivity index (χ1n) is 8.78. The molecule has 0 aliphatic heterocycles. The molecule has 2 aromatic carbocycles. The summed E-state index contributed by atoms with van der Waals surface area (Å²) in [4.78, 5) is 9.19. The molecule has 1 heterocycles. The molecule has 0 atom stereocenters. The monoisotopic (exact) mass is 348 g/mol. The molecule has 0 radical (unpaired) electrons. The minimum Gasteiger partial charge on any atom is -0.496 e. The van der Waals surface area contributed by atoms with Gasteiger partial charge in [-0.1, -0.05) is 42.5 Å². The van der Waals surface area contributed by atoms with Gasteiger partial charge in [-0.15, -0.1) is 0 Å². The molecule has 0 fully saturated rings. The highest BCUT2D eigenvalue weighted by Crippen LogP contribution is 2.18. The summed E-state index contributed by atoms with van der Waals surface area (Å²) in [6.07, 6.45) is 1.83. The number of benzene rings is 2. The van der Waals surface area contributed by atoms with Crippen LogP contribution in [0.4, 0.5) is 0 Å². The van der Waals surface area contributed by atoms with E-state index in [1.807, 2.05) is 36.5 Å². The van der Waals surface area contributed by atoms with Crippen LogP contribution in [-0.4, -0.2) is 24.6 Å². The number of para-hydroxylation sites is 2. The highest BCUT2D eigenvalue weighted by Gasteiger charge is 2.05. The van der Waals surface area contributed by atoms with Crippen molar-refractivity contribution in [1.82, 2.24) is 15.6 Å². The second-order valence-corrected chi connectivity index (χ2v) is 5.85. The summed E-state index contributed by atoms with van der Waals surface area (Å²) in [7, 11) is 1.68. The molecule has 0 amide bonds. The molecule has 3 aromatic rings. The van der Waals surface area contributed by atoms with Crippen LogP contribution in [0.1, 0.15) is 18.1 Å². The number of rotatable bonds is 6. The second-order valence-electron chi connectivity index (χ2n) is 5.85. The first-order valence-corrected chi connectivity index (χ1v) is 8.78. The molecule has 134 valence electrons. The molecule has 5 heteroatoms. The molecule has 0 unspecified atom stereocenters. The zero-order chi connectivity index (χ0) is 18.2. The fourth-order valence-corrected chi connectivity index (χ4v) is 2.83. The number of hydrogen-bond acceptors (Lipinski definition) is 3. The van der Waals surface area contributed by atoms with Crippen molar-refractivity contribution in [1.29, 1.82) is 0 Å². The van der Waals surface area contributed by atoms with Gasteiger partial charge in [0.15, 0.2) is 5.96 Å². The zero-order valence-corrected chi connectivity index (χ0v) is 15.2. The van der Waals surface area contributed by atoms with Crippen molar-refractivity contribution in [2.45, 2.75) is 20.0 Å². The van der Waals surface area contributed by atoms with Gasteiger partial charge in [0.05, 0.1) is 19.2 Å². The predicted octanol–water partition coefficient (Wildman–Crippen LogP) is 3.50. The number of ether oxygens (including phenoxy) is 1. The van der Waals surface area contributed by atoms with Crippen LogP contribution in [0.3, 0.4) is 0 Å². The zero-order valence-electron chi connectivity index (χ0n) is 15.2. The van der Waals surface area contributed by atoms with Crippen LogP contribution in [0.5, 0.6) is 5.75 Å². The molecular formula is C21H24N4O. The van der Waals surface area contributed by atoms with Crippen LogP contribution in [0.2, 0.25) is 0 Å². The topological polar surface area (TPSA) is 58.5 Å². The molecule has 0 bridgehead atoms. The number of aromatic nitrogens is 1. The lowest BCUT2D eigenvalue weighted by Gasteiger charge is -2.13. The van der Waals surface area contributed by atoms with Gasteiger partial charge < -0.3 is 15.4 Å². The van der Waals surface area contributed by atoms with E-state index in [2.05, 4.69) is 51.8 Å². The maximum Gasteiger partial charge on any atom is 0.191 e. The highest BCUT2D eigenvalue weighted by atomic mass is 16.5. The summed E-state index contributed by atoms with van der Waals surface area (Å²) in [6, 6.07) is 18.2. The van der Waals surface area contributed by atoms with Gasteiger partial charge >= 0.3 is 0 Å². The number of aliphatic imine (C=N–C) groups is 1. The van der Waals surface area contributed by atoms with E-state index in [1.54, 1.807) is 7.11 Å². The van der Waals surface area contributed by atoms with Crippen molar-refractivity contribution < 1.29 is 4.74 Å². The fourth-order valence-electron chi connectivity index (χ4n) is 2.83. The molecule has 1 aromatic heterocycles. The SMILES string of the molecule is CCNC(=NCc1ccccc1OC)NCc1cccc2cccnc12. The summed E-state index contributed by atoms with van der Waals surface area (Å²) in [6.45, 7) is 4.06. The highest BCUT2D eigenvalue weighted by molar-refractivity contribution is 5.83. The van der Waals surface area contributed by atoms with E-state index in [0.717, 1.165) is 40.3 Å². The van der Waals surface area contributed by atoms with Gasteiger partial charge in [0.2, 0.25) is 0 Å². The summed E-state index contributed by atoms with van der Waals surface area (Å²) in [5.74, 6) is 1.62. The third-order valence-corrected chi connectivity index (χ3v) is 4.11. The number of guanidine groups is 1. The van der Waals surface area contributed by atoms with Crippen molar-refractivity contribution in [2.24, 2.45) is 4.99 Å². The van der Waals surface area contributed by atoms with Crippen LogP contribution in [0.15, 0.2) is 65.8 Å². The number of nitrogens with zero attached hydrogens (tertiary/aromatic N) is 2. The van der Waals surface area contributed by atoms with Crippen molar-refractivity contribution in [3.63, 3.8) is 0 Å². The summed E-state index contributed by atoms with van der Waals surface area (Å²) in [5.41, 5.74) is 3.22. The number of methoxy groups -OCH3 is 1. The average molecular weight is 348 g/mol. The number of nitrogens with one attached hydrogen (secondary N) is 2. The molecule has 0 saturated carbocycles. The van der Waals surface area contributed by atoms with Gasteiger partial charge in [-0.3, -0.25) is 4.98 Å². The minimum atomic E-state index is 0.549. The van der Waals surface area contributed by atoms with Gasteiger partial charge in [-0.2, -0.15) is 0 Å². The van der Waals surface area contributed by atoms with Crippen molar-refractivity contribution in [3.05, 3.63) is 71.9 Å². The van der Waals surface area contributed by atoms with E-state index >= 15 is 0 Å². The standard InChI is InChI=1S/C21H24N4O/c1-3-22-21(24-14-17-8-4-5-12-19(17)26-2)25-15-18-10-6-9-16-11-7-13-23-20(16)18/h4-13H,3,14-15H2,1-2H3,(H2,22,24,25). The number of pyridine rings is 1. The van der Waals surface area contributed by atoms with E-state index in [0.29, 0.717) is 13.1 Å². The van der Waals surface area contributed by atoms with Gasteiger partial charge in [0.1, 0.15) is 5.75 Å². The first-order chi connectivity index (χ1) is 12.8. The minimum absolute atomic E-state index is 0.549. The van der Waals surface area contributed by atoms with Crippen LogP contribution >= 0.6 is 0 Å². The van der Waals surface area contributed by atoms with E-state index in [9.17, 15) is 0 Å². The second kappa shape index (κ2) is 8.85. The van der Waals surface area contributed by atoms with Crippen molar-refractivity contribution >= 4 is 16.9 Å². The first kappa shape index (κ1) is 17.7. The van der Waals surface area contributed by atoms with Gasteiger partial charge in [0.25, 0.3) is 0 Å². The molecule has 2 N–H and O–H groups in total. The van der Waals surface area contributed by atoms with Crippen LogP contribution in [0, 0.1) is 0 Å². The van der Waals surface area contributed by atoms with E-state index in [-0.39, 0.29) is 0 Å². The Kier molecular flexibility index (Phi) is 6.04. The van der Waals surface area contributed by atoms with Crippen molar-refractivity contribution in [2.75, 3.05) is 13.7 Å².